The van der Waals surface area contributed by atoms with Gasteiger partial charge in [-0.05, 0) is 60.7 Å². The molecule has 428 valence electrons. The van der Waals surface area contributed by atoms with Gasteiger partial charge >= 0.3 is 49.4 Å². The minimum Gasteiger partial charge on any atom is -0.194 e. The van der Waals surface area contributed by atoms with Crippen LogP contribution >= 0.6 is 15.9 Å². The third kappa shape index (κ3) is 13.8. The maximum atomic E-state index is 14.2. The van der Waals surface area contributed by atoms with E-state index >= 15 is 0 Å². The van der Waals surface area contributed by atoms with Crippen molar-refractivity contribution in [2.75, 3.05) is 0 Å². The third-order valence-electron chi connectivity index (χ3n) is 12.7. The molecule has 0 aliphatic carbocycles. The zero-order valence-electron chi connectivity index (χ0n) is 39.8. The number of benzene rings is 7. The smallest absolute Gasteiger partial charge is 0.194 e. The Labute approximate surface area is 449 Å². The first-order valence-corrected chi connectivity index (χ1v) is 23.4. The number of rotatable bonds is 7. The number of nitrogens with zero attached hydrogens (tertiary/aromatic N) is 1. The summed E-state index contributed by atoms with van der Waals surface area (Å²) >= 11 is 3.52. The van der Waals surface area contributed by atoms with Crippen LogP contribution < -0.4 is 26.4 Å². The average Bonchev–Trinajstić information content (AvgIpc) is 3.35. The van der Waals surface area contributed by atoms with Crippen LogP contribution in [-0.4, -0.2) is 6.15 Å². The van der Waals surface area contributed by atoms with Crippen LogP contribution in [-0.2, 0) is 56.0 Å². The molecule has 0 aliphatic rings. The van der Waals surface area contributed by atoms with Crippen molar-refractivity contribution in [2.24, 2.45) is 0 Å². The Bertz CT molecular complexity index is 3130. The molecule has 0 amide bonds. The molecular weight excluding hydrogens is 1210 g/mol. The van der Waals surface area contributed by atoms with Crippen molar-refractivity contribution in [1.82, 2.24) is 0 Å². The van der Waals surface area contributed by atoms with Gasteiger partial charge < -0.3 is 0 Å². The molecule has 0 spiro atoms. The van der Waals surface area contributed by atoms with Gasteiger partial charge in [-0.3, -0.25) is 0 Å². The molecule has 1 aromatic heterocycles. The fourth-order valence-corrected chi connectivity index (χ4v) is 9.41. The Hall–Kier alpha value is -7.19. The van der Waals surface area contributed by atoms with Gasteiger partial charge in [-0.25, -0.2) is 0 Å². The zero-order chi connectivity index (χ0) is 60.3. The van der Waals surface area contributed by atoms with Crippen LogP contribution in [0.4, 0.5) is 105 Å². The first-order chi connectivity index (χ1) is 37.1. The minimum atomic E-state index is -6.13. The van der Waals surface area contributed by atoms with Crippen LogP contribution in [0.15, 0.2) is 168 Å². The van der Waals surface area contributed by atoms with Crippen molar-refractivity contribution >= 4 is 54.8 Å². The monoisotopic (exact) mass is 1240 g/mol. The van der Waals surface area contributed by atoms with E-state index in [-0.39, 0.29) is 0 Å². The zero-order valence-corrected chi connectivity index (χ0v) is 41.4. The molecule has 8 aromatic rings. The SMILES string of the molecule is Brc1ccc(-c2ccc3ccccc3[n+]2Cc2ccccc2)cc1.FC(F)(F)c1cc([B-](c2cc(C(F)(F)F)cc(C(F)(F)F)c2)(c2cc(C(F)(F)F)cc(C(F)(F)F)c2)c2cc(C(F)(F)F)cc(C(F)(F)F)c2)cc(C(F)(F)F)c1. The van der Waals surface area contributed by atoms with E-state index in [2.05, 4.69) is 111 Å². The van der Waals surface area contributed by atoms with Crippen molar-refractivity contribution in [1.29, 1.82) is 0 Å². The molecule has 0 radical (unpaired) electrons. The lowest BCUT2D eigenvalue weighted by Crippen LogP contribution is -2.75. The summed E-state index contributed by atoms with van der Waals surface area (Å²) in [6, 6.07) is 23.3. The number of para-hydroxylation sites is 1. The molecule has 0 unspecified atom stereocenters. The summed E-state index contributed by atoms with van der Waals surface area (Å²) < 4.78 is 344. The van der Waals surface area contributed by atoms with Crippen LogP contribution in [0.25, 0.3) is 22.2 Å². The topological polar surface area (TPSA) is 3.88 Å². The van der Waals surface area contributed by atoms with Gasteiger partial charge in [-0.15, -0.1) is 0 Å². The van der Waals surface area contributed by atoms with Crippen LogP contribution in [0.2, 0.25) is 0 Å². The third-order valence-corrected chi connectivity index (χ3v) is 13.2. The number of hydrogen-bond acceptors (Lipinski definition) is 0. The van der Waals surface area contributed by atoms with Gasteiger partial charge in [0, 0.05) is 33.1 Å². The van der Waals surface area contributed by atoms with E-state index in [9.17, 15) is 105 Å². The largest absolute Gasteiger partial charge is 0.416 e. The highest BCUT2D eigenvalue weighted by Crippen LogP contribution is 2.42. The highest BCUT2D eigenvalue weighted by molar-refractivity contribution is 9.10. The summed E-state index contributed by atoms with van der Waals surface area (Å²) in [5.41, 5.74) is -25.2. The lowest BCUT2D eigenvalue weighted by atomic mass is 9.12. The van der Waals surface area contributed by atoms with Gasteiger partial charge in [0.05, 0.1) is 44.5 Å². The predicted octanol–water partition coefficient (Wildman–Crippen LogP) is 16.8. The highest BCUT2D eigenvalue weighted by atomic mass is 79.9. The van der Waals surface area contributed by atoms with E-state index in [4.69, 9.17) is 0 Å². The van der Waals surface area contributed by atoms with Crippen molar-refractivity contribution in [3.63, 3.8) is 0 Å². The lowest BCUT2D eigenvalue weighted by molar-refractivity contribution is -0.651. The fourth-order valence-electron chi connectivity index (χ4n) is 9.14. The Morgan fingerprint density at radius 2 is 0.593 bits per heavy atom. The molecule has 0 atom stereocenters. The molecule has 0 fully saturated rings. The minimum absolute atomic E-state index is 0.691. The van der Waals surface area contributed by atoms with Gasteiger partial charge in [0.2, 0.25) is 11.2 Å². The number of halogens is 25. The first kappa shape index (κ1) is 61.4. The van der Waals surface area contributed by atoms with Crippen LogP contribution in [0.3, 0.4) is 0 Å². The summed E-state index contributed by atoms with van der Waals surface area (Å²) in [5, 5.41) is 1.26. The molecule has 0 saturated carbocycles. The molecule has 0 saturated heterocycles. The Morgan fingerprint density at radius 3 is 0.889 bits per heavy atom. The highest BCUT2D eigenvalue weighted by Gasteiger charge is 2.47. The van der Waals surface area contributed by atoms with Crippen molar-refractivity contribution in [2.45, 2.75) is 56.0 Å². The van der Waals surface area contributed by atoms with Gasteiger partial charge in [0.25, 0.3) is 0 Å². The molecule has 0 aliphatic heterocycles. The Balaban J connectivity index is 0.000000323. The summed E-state index contributed by atoms with van der Waals surface area (Å²) in [4.78, 5) is 0. The van der Waals surface area contributed by atoms with Gasteiger partial charge in [-0.2, -0.15) is 132 Å². The average molecular weight is 1240 g/mol. The molecular formula is C54H29BBrF24N. The standard InChI is InChI=1S/C32H12BF24.C22H17BrN/c34-25(35,36)13-1-14(26(37,38)39)6-21(5-13)33(22-7-15(27(40,41)42)2-16(8-22)28(43,44)45,23-9-17(29(46,47)48)3-18(10-23)30(49,50)51)24-11-19(31(52,53)54)4-20(12-24)32(55,56)57;23-20-13-10-19(11-14-20)22-15-12-18-8-4-5-9-21(18)24(22)16-17-6-2-1-3-7-17/h1-12H;1-15H,16H2/q-1;+1. The number of fused-ring (bicyclic) bond motifs is 1. The number of aromatic nitrogens is 1. The van der Waals surface area contributed by atoms with E-state index in [0.717, 1.165) is 11.0 Å². The van der Waals surface area contributed by atoms with Gasteiger partial charge in [0.1, 0.15) is 6.15 Å². The maximum absolute atomic E-state index is 14.2. The molecule has 27 heteroatoms. The Morgan fingerprint density at radius 1 is 0.309 bits per heavy atom. The second-order valence-electron chi connectivity index (χ2n) is 18.1. The molecule has 1 heterocycles. The van der Waals surface area contributed by atoms with E-state index in [1.165, 1.54) is 27.7 Å². The van der Waals surface area contributed by atoms with E-state index in [0.29, 0.717) is 0 Å². The molecule has 7 aromatic carbocycles. The summed E-state index contributed by atoms with van der Waals surface area (Å²) in [7, 11) is 0. The molecule has 81 heavy (non-hydrogen) atoms. The molecule has 0 N–H and O–H groups in total. The normalized spacial score (nSPS) is 13.3. The van der Waals surface area contributed by atoms with Crippen molar-refractivity contribution in [3.8, 4) is 11.3 Å². The van der Waals surface area contributed by atoms with Crippen molar-refractivity contribution < 1.29 is 110 Å². The second-order valence-corrected chi connectivity index (χ2v) is 19.0. The van der Waals surface area contributed by atoms with Crippen LogP contribution in [0.5, 0.6) is 0 Å². The molecule has 8 rings (SSSR count). The quantitative estimate of drug-likeness (QED) is 0.0851. The van der Waals surface area contributed by atoms with Gasteiger partial charge in [0.15, 0.2) is 6.54 Å². The number of alkyl halides is 24. The number of hydrogen-bond donors (Lipinski definition) is 0. The Kier molecular flexibility index (Phi) is 16.4. The van der Waals surface area contributed by atoms with Crippen LogP contribution in [0.1, 0.15) is 50.1 Å². The fraction of sp³-hybridized carbons (Fsp3) is 0.167. The predicted molar refractivity (Wildman–Crippen MR) is 253 cm³/mol. The first-order valence-electron chi connectivity index (χ1n) is 22.6. The van der Waals surface area contributed by atoms with Gasteiger partial charge in [-0.1, -0.05) is 107 Å². The molecule has 0 bridgehead atoms. The van der Waals surface area contributed by atoms with E-state index in [1.54, 1.807) is 0 Å². The van der Waals surface area contributed by atoms with Crippen LogP contribution in [0, 0.1) is 0 Å². The summed E-state index contributed by atoms with van der Waals surface area (Å²) in [6.07, 6.45) is -54.8. The molecule has 1 nitrogen and oxygen atoms in total. The number of pyridine rings is 1. The lowest BCUT2D eigenvalue weighted by Gasteiger charge is -2.46. The summed E-state index contributed by atoms with van der Waals surface area (Å²) in [6.45, 7) is 0.855. The van der Waals surface area contributed by atoms with Crippen molar-refractivity contribution in [3.05, 3.63) is 218 Å². The van der Waals surface area contributed by atoms with E-state index < -0.39 is 195 Å². The maximum Gasteiger partial charge on any atom is 0.416 e. The van der Waals surface area contributed by atoms with E-state index in [1.807, 2.05) is 0 Å². The second kappa shape index (κ2) is 21.6. The summed E-state index contributed by atoms with van der Waals surface area (Å²) in [5.74, 6) is 0.